The summed E-state index contributed by atoms with van der Waals surface area (Å²) in [5, 5.41) is 3.53. The molecule has 1 aliphatic rings. The van der Waals surface area contributed by atoms with Crippen molar-refractivity contribution in [2.75, 3.05) is 55.4 Å². The first kappa shape index (κ1) is 20.5. The number of carbonyl (C=O) groups is 1. The Morgan fingerprint density at radius 2 is 1.68 bits per heavy atom. The van der Waals surface area contributed by atoms with Crippen LogP contribution >= 0.6 is 11.6 Å². The Bertz CT molecular complexity index is 812. The zero-order chi connectivity index (χ0) is 20.3. The Morgan fingerprint density at radius 1 is 1.04 bits per heavy atom. The molecule has 5 nitrogen and oxygen atoms in total. The predicted molar refractivity (Wildman–Crippen MR) is 119 cm³/mol. The smallest absolute Gasteiger partial charge is 0.255 e. The van der Waals surface area contributed by atoms with Crippen LogP contribution in [0.15, 0.2) is 42.5 Å². The molecule has 0 aromatic heterocycles. The second-order valence-electron chi connectivity index (χ2n) is 7.68. The number of benzene rings is 2. The molecule has 1 heterocycles. The lowest BCUT2D eigenvalue weighted by Gasteiger charge is -2.38. The molecule has 1 N–H and O–H groups in total. The summed E-state index contributed by atoms with van der Waals surface area (Å²) in [7, 11) is 3.87. The Hall–Kier alpha value is -2.24. The average molecular weight is 401 g/mol. The molecule has 28 heavy (non-hydrogen) atoms. The first-order valence-electron chi connectivity index (χ1n) is 9.72. The zero-order valence-electron chi connectivity index (χ0n) is 17.1. The largest absolute Gasteiger partial charge is 0.376 e. The van der Waals surface area contributed by atoms with Gasteiger partial charge in [-0.1, -0.05) is 11.6 Å². The van der Waals surface area contributed by atoms with Crippen molar-refractivity contribution in [2.45, 2.75) is 19.9 Å². The van der Waals surface area contributed by atoms with Gasteiger partial charge in [0.05, 0.1) is 10.7 Å². The molecule has 2 aromatic rings. The van der Waals surface area contributed by atoms with E-state index in [1.807, 2.05) is 55.4 Å². The minimum absolute atomic E-state index is 0.134. The number of hydrogen-bond acceptors (Lipinski definition) is 4. The fourth-order valence-corrected chi connectivity index (χ4v) is 3.82. The number of nitrogens with zero attached hydrogens (tertiary/aromatic N) is 3. The van der Waals surface area contributed by atoms with Gasteiger partial charge in [-0.3, -0.25) is 9.69 Å². The van der Waals surface area contributed by atoms with Crippen molar-refractivity contribution >= 4 is 34.6 Å². The van der Waals surface area contributed by atoms with Gasteiger partial charge in [0.2, 0.25) is 0 Å². The van der Waals surface area contributed by atoms with E-state index >= 15 is 0 Å². The number of anilines is 3. The molecule has 2 aromatic carbocycles. The number of hydrogen-bond donors (Lipinski definition) is 1. The highest BCUT2D eigenvalue weighted by Crippen LogP contribution is 2.27. The molecule has 0 atom stereocenters. The van der Waals surface area contributed by atoms with Crippen molar-refractivity contribution in [3.8, 4) is 0 Å². The van der Waals surface area contributed by atoms with Gasteiger partial charge in [-0.25, -0.2) is 0 Å². The highest BCUT2D eigenvalue weighted by molar-refractivity contribution is 6.33. The maximum atomic E-state index is 12.6. The third-order valence-corrected chi connectivity index (χ3v) is 5.53. The van der Waals surface area contributed by atoms with E-state index in [4.69, 9.17) is 11.6 Å². The van der Waals surface area contributed by atoms with Crippen LogP contribution in [0.3, 0.4) is 0 Å². The summed E-state index contributed by atoms with van der Waals surface area (Å²) in [4.78, 5) is 19.4. The van der Waals surface area contributed by atoms with Gasteiger partial charge in [0.1, 0.15) is 0 Å². The molecule has 1 aliphatic heterocycles. The van der Waals surface area contributed by atoms with Crippen LogP contribution in [0, 0.1) is 0 Å². The highest BCUT2D eigenvalue weighted by Gasteiger charge is 2.19. The van der Waals surface area contributed by atoms with Crippen molar-refractivity contribution in [3.63, 3.8) is 0 Å². The summed E-state index contributed by atoms with van der Waals surface area (Å²) in [6.07, 6.45) is 0. The number of amides is 1. The summed E-state index contributed by atoms with van der Waals surface area (Å²) in [5.74, 6) is -0.134. The molecule has 0 aliphatic carbocycles. The minimum Gasteiger partial charge on any atom is -0.376 e. The summed E-state index contributed by atoms with van der Waals surface area (Å²) in [6, 6.07) is 14.0. The number of carbonyl (C=O) groups excluding carboxylic acids is 1. The van der Waals surface area contributed by atoms with E-state index in [-0.39, 0.29) is 5.91 Å². The van der Waals surface area contributed by atoms with Crippen molar-refractivity contribution in [2.24, 2.45) is 0 Å². The van der Waals surface area contributed by atoms with E-state index in [1.165, 1.54) is 5.69 Å². The number of rotatable bonds is 5. The van der Waals surface area contributed by atoms with E-state index < -0.39 is 0 Å². The molecule has 1 fully saturated rings. The van der Waals surface area contributed by atoms with Crippen LogP contribution in [-0.2, 0) is 0 Å². The lowest BCUT2D eigenvalue weighted by atomic mass is 10.1. The van der Waals surface area contributed by atoms with Gasteiger partial charge in [-0.2, -0.15) is 0 Å². The molecular weight excluding hydrogens is 372 g/mol. The topological polar surface area (TPSA) is 38.8 Å². The second kappa shape index (κ2) is 8.84. The van der Waals surface area contributed by atoms with Crippen molar-refractivity contribution < 1.29 is 4.79 Å². The highest BCUT2D eigenvalue weighted by atomic mass is 35.5. The molecule has 0 bridgehead atoms. The Morgan fingerprint density at radius 3 is 2.21 bits per heavy atom. The molecule has 0 radical (unpaired) electrons. The van der Waals surface area contributed by atoms with Crippen molar-refractivity contribution in [1.29, 1.82) is 0 Å². The molecule has 1 saturated heterocycles. The lowest BCUT2D eigenvalue weighted by molar-refractivity contribution is 0.102. The fraction of sp³-hybridized carbons (Fsp3) is 0.409. The molecular formula is C22H29ClN4O. The third kappa shape index (κ3) is 4.78. The summed E-state index contributed by atoms with van der Waals surface area (Å²) in [5.41, 5.74) is 3.41. The Balaban J connectivity index is 1.62. The molecule has 0 spiro atoms. The normalized spacial score (nSPS) is 15.0. The Labute approximate surface area is 172 Å². The number of halogens is 1. The van der Waals surface area contributed by atoms with Crippen molar-refractivity contribution in [1.82, 2.24) is 4.90 Å². The average Bonchev–Trinajstić information content (AvgIpc) is 2.68. The van der Waals surface area contributed by atoms with Crippen LogP contribution in [0.25, 0.3) is 0 Å². The first-order chi connectivity index (χ1) is 13.3. The third-order valence-electron chi connectivity index (χ3n) is 5.23. The van der Waals surface area contributed by atoms with E-state index in [1.54, 1.807) is 6.07 Å². The standard InChI is InChI=1S/C22H29ClN4O/c1-16(2)26-11-13-27(14-12-26)19-8-5-17(6-9-19)22(28)24-18-7-10-21(25(3)4)20(23)15-18/h5-10,15-16H,11-14H2,1-4H3,(H,24,28). The van der Waals surface area contributed by atoms with Gasteiger partial charge in [0.15, 0.2) is 0 Å². The summed E-state index contributed by atoms with van der Waals surface area (Å²) >= 11 is 6.29. The van der Waals surface area contributed by atoms with Gasteiger partial charge >= 0.3 is 0 Å². The van der Waals surface area contributed by atoms with Crippen LogP contribution < -0.4 is 15.1 Å². The van der Waals surface area contributed by atoms with E-state index in [2.05, 4.69) is 29.0 Å². The Kier molecular flexibility index (Phi) is 6.47. The lowest BCUT2D eigenvalue weighted by Crippen LogP contribution is -2.48. The molecule has 6 heteroatoms. The zero-order valence-corrected chi connectivity index (χ0v) is 17.8. The van der Waals surface area contributed by atoms with Gasteiger partial charge in [0, 0.05) is 63.3 Å². The minimum atomic E-state index is -0.134. The quantitative estimate of drug-likeness (QED) is 0.816. The predicted octanol–water partition coefficient (Wildman–Crippen LogP) is 4.19. The van der Waals surface area contributed by atoms with E-state index in [0.29, 0.717) is 22.3 Å². The van der Waals surface area contributed by atoms with Crippen LogP contribution in [0.2, 0.25) is 5.02 Å². The van der Waals surface area contributed by atoms with Gasteiger partial charge in [-0.05, 0) is 56.3 Å². The van der Waals surface area contributed by atoms with Crippen LogP contribution in [0.1, 0.15) is 24.2 Å². The maximum absolute atomic E-state index is 12.6. The van der Waals surface area contributed by atoms with Crippen LogP contribution in [0.4, 0.5) is 17.1 Å². The molecule has 0 unspecified atom stereocenters. The monoisotopic (exact) mass is 400 g/mol. The number of nitrogens with one attached hydrogen (secondary N) is 1. The van der Waals surface area contributed by atoms with Gasteiger partial charge in [0.25, 0.3) is 5.91 Å². The number of piperazine rings is 1. The molecule has 3 rings (SSSR count). The molecule has 0 saturated carbocycles. The van der Waals surface area contributed by atoms with E-state index in [9.17, 15) is 4.79 Å². The summed E-state index contributed by atoms with van der Waals surface area (Å²) in [6.45, 7) is 8.66. The first-order valence-corrected chi connectivity index (χ1v) is 10.1. The van der Waals surface area contributed by atoms with Crippen LogP contribution in [-0.4, -0.2) is 57.1 Å². The molecule has 150 valence electrons. The van der Waals surface area contributed by atoms with Crippen molar-refractivity contribution in [3.05, 3.63) is 53.1 Å². The maximum Gasteiger partial charge on any atom is 0.255 e. The fourth-order valence-electron chi connectivity index (χ4n) is 3.47. The van der Waals surface area contributed by atoms with Gasteiger partial charge in [-0.15, -0.1) is 0 Å². The molecule has 1 amide bonds. The van der Waals surface area contributed by atoms with Crippen LogP contribution in [0.5, 0.6) is 0 Å². The second-order valence-corrected chi connectivity index (χ2v) is 8.09. The van der Waals surface area contributed by atoms with E-state index in [0.717, 1.165) is 31.9 Å². The summed E-state index contributed by atoms with van der Waals surface area (Å²) < 4.78 is 0. The van der Waals surface area contributed by atoms with Gasteiger partial charge < -0.3 is 15.1 Å². The SMILES string of the molecule is CC(C)N1CCN(c2ccc(C(=O)Nc3ccc(N(C)C)c(Cl)c3)cc2)CC1.